The second kappa shape index (κ2) is 6.67. The number of amides is 4. The van der Waals surface area contributed by atoms with E-state index in [9.17, 15) is 19.2 Å². The van der Waals surface area contributed by atoms with E-state index >= 15 is 0 Å². The van der Waals surface area contributed by atoms with E-state index in [-0.39, 0.29) is 31.6 Å². The smallest absolute Gasteiger partial charge is 0.333 e. The summed E-state index contributed by atoms with van der Waals surface area (Å²) in [6.45, 7) is 4.88. The van der Waals surface area contributed by atoms with E-state index in [1.54, 1.807) is 0 Å². The van der Waals surface area contributed by atoms with E-state index in [1.807, 2.05) is 0 Å². The quantitative estimate of drug-likeness (QED) is 0.344. The standard InChI is InChI=1S/C12H16N2O5/c1-8(2)11(17)19-7-6-13-12(18)14-9(15)4-3-5-10(14)16/h1,3-7H2,2H3,(H,13,18). The lowest BCUT2D eigenvalue weighted by atomic mass is 10.1. The molecule has 1 aliphatic rings. The molecule has 19 heavy (non-hydrogen) atoms. The minimum Gasteiger partial charge on any atom is -0.460 e. The molecule has 0 aromatic heterocycles. The highest BCUT2D eigenvalue weighted by Gasteiger charge is 2.31. The molecule has 0 spiro atoms. The zero-order valence-electron chi connectivity index (χ0n) is 10.7. The predicted octanol–water partition coefficient (Wildman–Crippen LogP) is 0.354. The molecule has 1 rings (SSSR count). The van der Waals surface area contributed by atoms with Crippen LogP contribution in [0.4, 0.5) is 4.79 Å². The van der Waals surface area contributed by atoms with Crippen molar-refractivity contribution >= 4 is 23.8 Å². The zero-order chi connectivity index (χ0) is 14.4. The average Bonchev–Trinajstić information content (AvgIpc) is 2.34. The van der Waals surface area contributed by atoms with E-state index in [0.717, 1.165) is 0 Å². The van der Waals surface area contributed by atoms with Gasteiger partial charge in [0.1, 0.15) is 6.61 Å². The molecular formula is C12H16N2O5. The molecule has 1 saturated heterocycles. The third-order valence-corrected chi connectivity index (χ3v) is 2.44. The number of esters is 1. The molecule has 7 nitrogen and oxygen atoms in total. The first-order chi connectivity index (χ1) is 8.93. The van der Waals surface area contributed by atoms with Gasteiger partial charge in [0.2, 0.25) is 11.8 Å². The summed E-state index contributed by atoms with van der Waals surface area (Å²) < 4.78 is 4.75. The monoisotopic (exact) mass is 268 g/mol. The molecule has 0 aliphatic carbocycles. The second-order valence-electron chi connectivity index (χ2n) is 4.12. The van der Waals surface area contributed by atoms with Gasteiger partial charge < -0.3 is 10.1 Å². The minimum atomic E-state index is -0.777. The van der Waals surface area contributed by atoms with Gasteiger partial charge in [0, 0.05) is 18.4 Å². The van der Waals surface area contributed by atoms with Gasteiger partial charge in [-0.05, 0) is 13.3 Å². The van der Waals surface area contributed by atoms with Crippen LogP contribution in [-0.2, 0) is 19.1 Å². The molecule has 0 aromatic carbocycles. The molecule has 0 bridgehead atoms. The van der Waals surface area contributed by atoms with Crippen LogP contribution in [0, 0.1) is 0 Å². The van der Waals surface area contributed by atoms with E-state index in [0.29, 0.717) is 11.3 Å². The van der Waals surface area contributed by atoms with Crippen LogP contribution in [0.15, 0.2) is 12.2 Å². The van der Waals surface area contributed by atoms with Crippen LogP contribution in [0.2, 0.25) is 0 Å². The number of hydrogen-bond acceptors (Lipinski definition) is 5. The summed E-state index contributed by atoms with van der Waals surface area (Å²) in [4.78, 5) is 46.1. The maximum absolute atomic E-state index is 11.6. The Morgan fingerprint density at radius 3 is 2.42 bits per heavy atom. The lowest BCUT2D eigenvalue weighted by molar-refractivity contribution is -0.144. The molecule has 1 heterocycles. The van der Waals surface area contributed by atoms with Crippen LogP contribution in [0.25, 0.3) is 0 Å². The van der Waals surface area contributed by atoms with Crippen molar-refractivity contribution in [3.63, 3.8) is 0 Å². The molecule has 0 radical (unpaired) electrons. The van der Waals surface area contributed by atoms with E-state index in [2.05, 4.69) is 11.9 Å². The SMILES string of the molecule is C=C(C)C(=O)OCCNC(=O)N1C(=O)CCCC1=O. The average molecular weight is 268 g/mol. The van der Waals surface area contributed by atoms with Gasteiger partial charge in [0.15, 0.2) is 0 Å². The maximum Gasteiger partial charge on any atom is 0.333 e. The van der Waals surface area contributed by atoms with E-state index in [1.165, 1.54) is 6.92 Å². The van der Waals surface area contributed by atoms with Crippen molar-refractivity contribution in [3.05, 3.63) is 12.2 Å². The van der Waals surface area contributed by atoms with Gasteiger partial charge in [-0.25, -0.2) is 14.5 Å². The number of ether oxygens (including phenoxy) is 1. The number of imide groups is 3. The summed E-state index contributed by atoms with van der Waals surface area (Å²) in [5.74, 6) is -1.57. The van der Waals surface area contributed by atoms with Crippen LogP contribution in [0.5, 0.6) is 0 Å². The van der Waals surface area contributed by atoms with Crippen LogP contribution in [0.1, 0.15) is 26.2 Å². The first-order valence-corrected chi connectivity index (χ1v) is 5.89. The van der Waals surface area contributed by atoms with Gasteiger partial charge in [0.05, 0.1) is 6.54 Å². The molecule has 104 valence electrons. The normalized spacial score (nSPS) is 15.1. The van der Waals surface area contributed by atoms with Crippen molar-refractivity contribution in [3.8, 4) is 0 Å². The predicted molar refractivity (Wildman–Crippen MR) is 64.9 cm³/mol. The fourth-order valence-corrected chi connectivity index (χ4v) is 1.48. The number of likely N-dealkylation sites (tertiary alicyclic amines) is 1. The van der Waals surface area contributed by atoms with Crippen molar-refractivity contribution < 1.29 is 23.9 Å². The minimum absolute atomic E-state index is 0.0227. The molecule has 0 aromatic rings. The molecule has 0 saturated carbocycles. The lowest BCUT2D eigenvalue weighted by Gasteiger charge is -2.23. The van der Waals surface area contributed by atoms with Gasteiger partial charge >= 0.3 is 12.0 Å². The highest BCUT2D eigenvalue weighted by Crippen LogP contribution is 2.11. The Balaban J connectivity index is 2.35. The number of piperidine rings is 1. The Kier molecular flexibility index (Phi) is 5.23. The number of nitrogens with one attached hydrogen (secondary N) is 1. The van der Waals surface area contributed by atoms with Gasteiger partial charge in [-0.15, -0.1) is 0 Å². The molecule has 1 fully saturated rings. The van der Waals surface area contributed by atoms with Crippen molar-refractivity contribution in [2.45, 2.75) is 26.2 Å². The summed E-state index contributed by atoms with van der Waals surface area (Å²) >= 11 is 0. The fraction of sp³-hybridized carbons (Fsp3) is 0.500. The van der Waals surface area contributed by atoms with Crippen LogP contribution >= 0.6 is 0 Å². The summed E-state index contributed by atoms with van der Waals surface area (Å²) in [5, 5.41) is 2.35. The number of rotatable bonds is 4. The molecule has 1 aliphatic heterocycles. The Labute approximate surface area is 110 Å². The highest BCUT2D eigenvalue weighted by atomic mass is 16.5. The van der Waals surface area contributed by atoms with Crippen LogP contribution in [-0.4, -0.2) is 41.9 Å². The summed E-state index contributed by atoms with van der Waals surface area (Å²) in [7, 11) is 0. The Morgan fingerprint density at radius 1 is 1.32 bits per heavy atom. The summed E-state index contributed by atoms with van der Waals surface area (Å²) in [5.41, 5.74) is 0.257. The Bertz CT molecular complexity index is 414. The van der Waals surface area contributed by atoms with Gasteiger partial charge in [-0.3, -0.25) is 9.59 Å². The number of urea groups is 1. The molecule has 1 N–H and O–H groups in total. The van der Waals surface area contributed by atoms with Crippen molar-refractivity contribution in [1.82, 2.24) is 10.2 Å². The topological polar surface area (TPSA) is 92.8 Å². The third kappa shape index (κ3) is 4.20. The van der Waals surface area contributed by atoms with E-state index in [4.69, 9.17) is 4.74 Å². The Hall–Kier alpha value is -2.18. The molecule has 4 amide bonds. The number of carbonyl (C=O) groups is 4. The first kappa shape index (κ1) is 14.9. The first-order valence-electron chi connectivity index (χ1n) is 5.89. The second-order valence-corrected chi connectivity index (χ2v) is 4.12. The Morgan fingerprint density at radius 2 is 1.89 bits per heavy atom. The van der Waals surface area contributed by atoms with Crippen molar-refractivity contribution in [2.75, 3.05) is 13.2 Å². The maximum atomic E-state index is 11.6. The molecular weight excluding hydrogens is 252 g/mol. The van der Waals surface area contributed by atoms with Gasteiger partial charge in [-0.1, -0.05) is 6.58 Å². The fourth-order valence-electron chi connectivity index (χ4n) is 1.48. The number of nitrogens with zero attached hydrogens (tertiary/aromatic N) is 1. The van der Waals surface area contributed by atoms with Crippen LogP contribution < -0.4 is 5.32 Å². The van der Waals surface area contributed by atoms with Gasteiger partial charge in [-0.2, -0.15) is 0 Å². The third-order valence-electron chi connectivity index (χ3n) is 2.44. The molecule has 0 atom stereocenters. The largest absolute Gasteiger partial charge is 0.460 e. The number of hydrogen-bond donors (Lipinski definition) is 1. The molecule has 0 unspecified atom stereocenters. The zero-order valence-corrected chi connectivity index (χ0v) is 10.7. The summed E-state index contributed by atoms with van der Waals surface area (Å²) in [6.07, 6.45) is 0.839. The van der Waals surface area contributed by atoms with Crippen molar-refractivity contribution in [1.29, 1.82) is 0 Å². The number of carbonyl (C=O) groups excluding carboxylic acids is 4. The van der Waals surface area contributed by atoms with Gasteiger partial charge in [0.25, 0.3) is 0 Å². The highest BCUT2D eigenvalue weighted by molar-refractivity contribution is 6.11. The van der Waals surface area contributed by atoms with Crippen molar-refractivity contribution in [2.24, 2.45) is 0 Å². The molecule has 7 heteroatoms. The van der Waals surface area contributed by atoms with E-state index < -0.39 is 23.8 Å². The lowest BCUT2D eigenvalue weighted by Crippen LogP contribution is -2.49. The van der Waals surface area contributed by atoms with Crippen LogP contribution in [0.3, 0.4) is 0 Å². The summed E-state index contributed by atoms with van der Waals surface area (Å²) in [6, 6.07) is -0.777.